The molecule has 1 fully saturated rings. The van der Waals surface area contributed by atoms with Crippen LogP contribution in [0, 0.1) is 17.2 Å². The number of esters is 1. The number of nitriles is 1. The molecule has 0 radical (unpaired) electrons. The maximum absolute atomic E-state index is 11.6. The van der Waals surface area contributed by atoms with E-state index in [0.29, 0.717) is 25.0 Å². The number of hydrogen-bond donors (Lipinski definition) is 0. The van der Waals surface area contributed by atoms with E-state index in [1.807, 2.05) is 31.9 Å². The highest BCUT2D eigenvalue weighted by Crippen LogP contribution is 2.11. The molecule has 0 spiro atoms. The summed E-state index contributed by atoms with van der Waals surface area (Å²) in [5, 5.41) is 8.94. The van der Waals surface area contributed by atoms with Gasteiger partial charge in [-0.2, -0.15) is 5.26 Å². The summed E-state index contributed by atoms with van der Waals surface area (Å²) >= 11 is 0. The highest BCUT2D eigenvalue weighted by Gasteiger charge is 2.14. The van der Waals surface area contributed by atoms with E-state index in [1.54, 1.807) is 6.08 Å². The number of rotatable bonds is 5. The van der Waals surface area contributed by atoms with Crippen LogP contribution in [0.1, 0.15) is 20.3 Å². The molecule has 0 saturated carbocycles. The lowest BCUT2D eigenvalue weighted by atomic mass is 10.1. The Morgan fingerprint density at radius 2 is 2.37 bits per heavy atom. The Hall–Kier alpha value is -1.96. The Morgan fingerprint density at radius 1 is 1.63 bits per heavy atom. The summed E-state index contributed by atoms with van der Waals surface area (Å²) in [6.45, 7) is 5.86. The molecule has 0 aromatic carbocycles. The molecule has 5 heteroatoms. The number of carbonyl (C=O) groups is 1. The second-order valence-corrected chi connectivity index (χ2v) is 4.79. The third kappa shape index (κ3) is 5.04. The number of hydrogen-bond acceptors (Lipinski definition) is 5. The predicted octanol–water partition coefficient (Wildman–Crippen LogP) is 1.83. The maximum Gasteiger partial charge on any atom is 0.348 e. The van der Waals surface area contributed by atoms with Gasteiger partial charge in [-0.1, -0.05) is 13.8 Å². The molecule has 1 saturated heterocycles. The van der Waals surface area contributed by atoms with E-state index in [9.17, 15) is 4.79 Å². The average molecular weight is 264 g/mol. The molecule has 0 aromatic rings. The van der Waals surface area contributed by atoms with E-state index in [0.717, 1.165) is 13.0 Å². The Kier molecular flexibility index (Phi) is 5.94. The highest BCUT2D eigenvalue weighted by molar-refractivity contribution is 5.93. The predicted molar refractivity (Wildman–Crippen MR) is 70.8 cm³/mol. The summed E-state index contributed by atoms with van der Waals surface area (Å²) in [7, 11) is 1.89. The van der Waals surface area contributed by atoms with Crippen LogP contribution in [0.3, 0.4) is 0 Å². The minimum atomic E-state index is -0.583. The number of likely N-dealkylation sites (N-methyl/N-ethyl adjacent to an activating group) is 1. The lowest BCUT2D eigenvalue weighted by molar-refractivity contribution is -0.138. The normalized spacial score (nSPS) is 17.5. The molecule has 104 valence electrons. The quantitative estimate of drug-likeness (QED) is 0.430. The van der Waals surface area contributed by atoms with E-state index < -0.39 is 5.97 Å². The molecular formula is C14H20N2O3. The molecular weight excluding hydrogens is 244 g/mol. The fourth-order valence-electron chi connectivity index (χ4n) is 1.45. The molecule has 0 N–H and O–H groups in total. The van der Waals surface area contributed by atoms with Gasteiger partial charge in [-0.05, 0) is 24.5 Å². The Balaban J connectivity index is 2.57. The summed E-state index contributed by atoms with van der Waals surface area (Å²) in [6.07, 6.45) is 3.85. The van der Waals surface area contributed by atoms with Gasteiger partial charge in [0.1, 0.15) is 18.2 Å². The van der Waals surface area contributed by atoms with Gasteiger partial charge in [-0.15, -0.1) is 0 Å². The summed E-state index contributed by atoms with van der Waals surface area (Å²) in [4.78, 5) is 13.6. The fourth-order valence-corrected chi connectivity index (χ4v) is 1.45. The van der Waals surface area contributed by atoms with Gasteiger partial charge in [0.05, 0.1) is 13.2 Å². The van der Waals surface area contributed by atoms with Crippen LogP contribution in [0.25, 0.3) is 0 Å². The number of allylic oxidation sites excluding steroid dienone is 2. The smallest absolute Gasteiger partial charge is 0.348 e. The standard InChI is InChI=1S/C14H20N2O3/c1-11(2)6-8-19-14(17)12(10-15)4-5-13-16(3)7-9-18-13/h4-5,11H,6-9H2,1-3H3/b12-4+,13-5-. The molecule has 0 aromatic heterocycles. The van der Waals surface area contributed by atoms with Gasteiger partial charge in [0.2, 0.25) is 0 Å². The van der Waals surface area contributed by atoms with Crippen LogP contribution in [0.15, 0.2) is 23.6 Å². The third-order valence-corrected chi connectivity index (χ3v) is 2.71. The average Bonchev–Trinajstić information content (AvgIpc) is 2.75. The van der Waals surface area contributed by atoms with E-state index >= 15 is 0 Å². The first-order valence-corrected chi connectivity index (χ1v) is 6.37. The van der Waals surface area contributed by atoms with Crippen LogP contribution in [0.2, 0.25) is 0 Å². The second kappa shape index (κ2) is 7.47. The minimum absolute atomic E-state index is 0.0137. The Bertz CT molecular complexity index is 419. The van der Waals surface area contributed by atoms with E-state index in [-0.39, 0.29) is 5.57 Å². The summed E-state index contributed by atoms with van der Waals surface area (Å²) in [5.41, 5.74) is -0.0137. The first-order valence-electron chi connectivity index (χ1n) is 6.37. The molecule has 1 heterocycles. The van der Waals surface area contributed by atoms with Crippen molar-refractivity contribution in [3.8, 4) is 6.07 Å². The molecule has 1 aliphatic rings. The minimum Gasteiger partial charge on any atom is -0.477 e. The van der Waals surface area contributed by atoms with Gasteiger partial charge in [0.15, 0.2) is 5.88 Å². The van der Waals surface area contributed by atoms with Gasteiger partial charge < -0.3 is 14.4 Å². The third-order valence-electron chi connectivity index (χ3n) is 2.71. The van der Waals surface area contributed by atoms with Crippen molar-refractivity contribution in [2.45, 2.75) is 20.3 Å². The lowest BCUT2D eigenvalue weighted by Gasteiger charge is -2.08. The van der Waals surface area contributed by atoms with Crippen molar-refractivity contribution in [2.24, 2.45) is 5.92 Å². The van der Waals surface area contributed by atoms with Crippen molar-refractivity contribution >= 4 is 5.97 Å². The molecule has 1 rings (SSSR count). The molecule has 0 atom stereocenters. The Labute approximate surface area is 114 Å². The van der Waals surface area contributed by atoms with Crippen LogP contribution in [0.5, 0.6) is 0 Å². The number of carbonyl (C=O) groups excluding carboxylic acids is 1. The van der Waals surface area contributed by atoms with Crippen LogP contribution in [-0.2, 0) is 14.3 Å². The molecule has 1 aliphatic heterocycles. The van der Waals surface area contributed by atoms with E-state index in [2.05, 4.69) is 0 Å². The zero-order chi connectivity index (χ0) is 14.3. The molecule has 0 bridgehead atoms. The SMILES string of the molecule is CC(C)CCOC(=O)/C(C#N)=C/C=C1\OCCN1C. The van der Waals surface area contributed by atoms with Gasteiger partial charge in [0.25, 0.3) is 0 Å². The molecule has 0 aliphatic carbocycles. The van der Waals surface area contributed by atoms with Crippen LogP contribution >= 0.6 is 0 Å². The van der Waals surface area contributed by atoms with E-state index in [4.69, 9.17) is 14.7 Å². The molecule has 5 nitrogen and oxygen atoms in total. The van der Waals surface area contributed by atoms with Crippen molar-refractivity contribution in [1.29, 1.82) is 5.26 Å². The second-order valence-electron chi connectivity index (χ2n) is 4.79. The molecule has 0 amide bonds. The summed E-state index contributed by atoms with van der Waals surface area (Å²) in [6, 6.07) is 1.85. The monoisotopic (exact) mass is 264 g/mol. The fraction of sp³-hybridized carbons (Fsp3) is 0.571. The van der Waals surface area contributed by atoms with Gasteiger partial charge >= 0.3 is 5.97 Å². The van der Waals surface area contributed by atoms with Crippen molar-refractivity contribution in [3.63, 3.8) is 0 Å². The summed E-state index contributed by atoms with van der Waals surface area (Å²) in [5.74, 6) is 0.536. The highest BCUT2D eigenvalue weighted by atomic mass is 16.5. The van der Waals surface area contributed by atoms with Crippen molar-refractivity contribution in [1.82, 2.24) is 4.90 Å². The van der Waals surface area contributed by atoms with Gasteiger partial charge in [0, 0.05) is 7.05 Å². The van der Waals surface area contributed by atoms with Crippen molar-refractivity contribution in [3.05, 3.63) is 23.6 Å². The van der Waals surface area contributed by atoms with Gasteiger partial charge in [-0.25, -0.2) is 4.79 Å². The zero-order valence-corrected chi connectivity index (χ0v) is 11.7. The number of ether oxygens (including phenoxy) is 2. The first kappa shape index (κ1) is 15.1. The number of nitrogens with zero attached hydrogens (tertiary/aromatic N) is 2. The lowest BCUT2D eigenvalue weighted by Crippen LogP contribution is -2.11. The maximum atomic E-state index is 11.6. The molecule has 0 unspecified atom stereocenters. The zero-order valence-electron chi connectivity index (χ0n) is 11.7. The summed E-state index contributed by atoms with van der Waals surface area (Å²) < 4.78 is 10.4. The Morgan fingerprint density at radius 3 is 2.89 bits per heavy atom. The molecule has 19 heavy (non-hydrogen) atoms. The van der Waals surface area contributed by atoms with Crippen LogP contribution < -0.4 is 0 Å². The topological polar surface area (TPSA) is 62.6 Å². The van der Waals surface area contributed by atoms with E-state index in [1.165, 1.54) is 6.08 Å². The largest absolute Gasteiger partial charge is 0.477 e. The van der Waals surface area contributed by atoms with Crippen LogP contribution in [0.4, 0.5) is 0 Å². The first-order chi connectivity index (χ1) is 9.04. The van der Waals surface area contributed by atoms with Crippen molar-refractivity contribution < 1.29 is 14.3 Å². The van der Waals surface area contributed by atoms with Gasteiger partial charge in [-0.3, -0.25) is 0 Å². The van der Waals surface area contributed by atoms with Crippen LogP contribution in [-0.4, -0.2) is 37.7 Å². The van der Waals surface area contributed by atoms with Crippen molar-refractivity contribution in [2.75, 3.05) is 26.8 Å².